The fourth-order valence-electron chi connectivity index (χ4n) is 3.07. The summed E-state index contributed by atoms with van der Waals surface area (Å²) in [6.07, 6.45) is 1.55. The predicted octanol–water partition coefficient (Wildman–Crippen LogP) is 4.95. The molecule has 0 radical (unpaired) electrons. The Morgan fingerprint density at radius 2 is 1.79 bits per heavy atom. The molecular formula is C24H20BrN5O2S. The molecule has 3 aromatic carbocycles. The minimum absolute atomic E-state index is 0.132. The molecule has 166 valence electrons. The lowest BCUT2D eigenvalue weighted by Crippen LogP contribution is -2.20. The van der Waals surface area contributed by atoms with Gasteiger partial charge in [0.25, 0.3) is 5.91 Å². The van der Waals surface area contributed by atoms with Crippen LogP contribution in [0.5, 0.6) is 5.75 Å². The molecule has 1 heterocycles. The minimum Gasteiger partial charge on any atom is -0.496 e. The van der Waals surface area contributed by atoms with Crippen LogP contribution in [0.3, 0.4) is 0 Å². The van der Waals surface area contributed by atoms with Crippen LogP contribution < -0.4 is 10.2 Å². The van der Waals surface area contributed by atoms with Crippen LogP contribution in [-0.2, 0) is 4.79 Å². The normalized spacial score (nSPS) is 11.0. The van der Waals surface area contributed by atoms with Crippen molar-refractivity contribution in [3.05, 3.63) is 88.9 Å². The van der Waals surface area contributed by atoms with Crippen LogP contribution in [-0.4, -0.2) is 39.7 Å². The summed E-state index contributed by atoms with van der Waals surface area (Å²) < 4.78 is 8.20. The maximum Gasteiger partial charge on any atom is 0.250 e. The number of nitrogens with zero attached hydrogens (tertiary/aromatic N) is 4. The summed E-state index contributed by atoms with van der Waals surface area (Å²) >= 11 is 4.76. The van der Waals surface area contributed by atoms with Crippen molar-refractivity contribution < 1.29 is 9.53 Å². The Balaban J connectivity index is 1.50. The molecule has 0 aliphatic heterocycles. The van der Waals surface area contributed by atoms with Gasteiger partial charge < -0.3 is 4.74 Å². The molecule has 7 nitrogen and oxygen atoms in total. The SMILES string of the molecule is COc1ccccc1/C=N/NC(=O)CSc1nnc(-c2ccccc2)n1-c1ccc(Br)cc1. The quantitative estimate of drug-likeness (QED) is 0.201. The van der Waals surface area contributed by atoms with Crippen molar-refractivity contribution in [3.8, 4) is 22.8 Å². The van der Waals surface area contributed by atoms with Gasteiger partial charge in [-0.2, -0.15) is 5.10 Å². The lowest BCUT2D eigenvalue weighted by molar-refractivity contribution is -0.118. The van der Waals surface area contributed by atoms with Gasteiger partial charge in [-0.05, 0) is 36.4 Å². The Labute approximate surface area is 204 Å². The molecule has 0 atom stereocenters. The summed E-state index contributed by atoms with van der Waals surface area (Å²) in [4.78, 5) is 12.4. The molecule has 0 saturated carbocycles. The molecule has 1 amide bonds. The first-order valence-electron chi connectivity index (χ1n) is 10.00. The number of nitrogens with one attached hydrogen (secondary N) is 1. The number of halogens is 1. The summed E-state index contributed by atoms with van der Waals surface area (Å²) in [6, 6.07) is 25.1. The number of thioether (sulfide) groups is 1. The highest BCUT2D eigenvalue weighted by Gasteiger charge is 2.17. The van der Waals surface area contributed by atoms with E-state index in [1.165, 1.54) is 11.8 Å². The second-order valence-electron chi connectivity index (χ2n) is 6.81. The number of aromatic nitrogens is 3. The topological polar surface area (TPSA) is 81.4 Å². The number of methoxy groups -OCH3 is 1. The van der Waals surface area contributed by atoms with Gasteiger partial charge in [-0.15, -0.1) is 10.2 Å². The largest absolute Gasteiger partial charge is 0.496 e. The van der Waals surface area contributed by atoms with E-state index in [2.05, 4.69) is 36.7 Å². The third-order valence-electron chi connectivity index (χ3n) is 4.61. The summed E-state index contributed by atoms with van der Waals surface area (Å²) in [7, 11) is 1.59. The molecule has 0 spiro atoms. The molecular weight excluding hydrogens is 502 g/mol. The van der Waals surface area contributed by atoms with E-state index < -0.39 is 0 Å². The van der Waals surface area contributed by atoms with E-state index in [-0.39, 0.29) is 11.7 Å². The zero-order valence-electron chi connectivity index (χ0n) is 17.7. The van der Waals surface area contributed by atoms with Crippen molar-refractivity contribution >= 4 is 39.8 Å². The Morgan fingerprint density at radius 3 is 2.55 bits per heavy atom. The van der Waals surface area contributed by atoms with Crippen LogP contribution in [0.15, 0.2) is 93.6 Å². The molecule has 1 N–H and O–H groups in total. The molecule has 9 heteroatoms. The third-order valence-corrected chi connectivity index (χ3v) is 6.07. The van der Waals surface area contributed by atoms with Gasteiger partial charge in [-0.1, -0.05) is 70.2 Å². The molecule has 0 unspecified atom stereocenters. The first kappa shape index (κ1) is 22.8. The number of ether oxygens (including phenoxy) is 1. The van der Waals surface area contributed by atoms with Gasteiger partial charge in [0, 0.05) is 21.3 Å². The molecule has 33 heavy (non-hydrogen) atoms. The van der Waals surface area contributed by atoms with Gasteiger partial charge in [-0.25, -0.2) is 5.43 Å². The van der Waals surface area contributed by atoms with Crippen LogP contribution >= 0.6 is 27.7 Å². The summed E-state index contributed by atoms with van der Waals surface area (Å²) in [6.45, 7) is 0. The van der Waals surface area contributed by atoms with Crippen molar-refractivity contribution in [1.29, 1.82) is 0 Å². The van der Waals surface area contributed by atoms with Crippen LogP contribution in [0.25, 0.3) is 17.1 Å². The highest BCUT2D eigenvalue weighted by atomic mass is 79.9. The number of amides is 1. The van der Waals surface area contributed by atoms with Crippen molar-refractivity contribution in [3.63, 3.8) is 0 Å². The molecule has 4 rings (SSSR count). The van der Waals surface area contributed by atoms with Gasteiger partial charge in [0.1, 0.15) is 5.75 Å². The Kier molecular flexibility index (Phi) is 7.54. The number of para-hydroxylation sites is 1. The fraction of sp³-hybridized carbons (Fsp3) is 0.0833. The van der Waals surface area contributed by atoms with Crippen molar-refractivity contribution in [2.24, 2.45) is 5.10 Å². The number of benzene rings is 3. The lowest BCUT2D eigenvalue weighted by Gasteiger charge is -2.10. The maximum absolute atomic E-state index is 12.4. The summed E-state index contributed by atoms with van der Waals surface area (Å²) in [5.74, 6) is 1.26. The van der Waals surface area contributed by atoms with Crippen LogP contribution in [0.1, 0.15) is 5.56 Å². The van der Waals surface area contributed by atoms with Crippen LogP contribution in [0.4, 0.5) is 0 Å². The van der Waals surface area contributed by atoms with E-state index in [0.29, 0.717) is 16.7 Å². The average Bonchev–Trinajstić information content (AvgIpc) is 3.28. The summed E-state index contributed by atoms with van der Waals surface area (Å²) in [5, 5.41) is 13.4. The van der Waals surface area contributed by atoms with Gasteiger partial charge in [-0.3, -0.25) is 9.36 Å². The lowest BCUT2D eigenvalue weighted by atomic mass is 10.2. The minimum atomic E-state index is -0.252. The highest BCUT2D eigenvalue weighted by Crippen LogP contribution is 2.28. The van der Waals surface area contributed by atoms with Gasteiger partial charge in [0.15, 0.2) is 11.0 Å². The van der Waals surface area contributed by atoms with Crippen molar-refractivity contribution in [2.45, 2.75) is 5.16 Å². The van der Waals surface area contributed by atoms with Crippen LogP contribution in [0, 0.1) is 0 Å². The second kappa shape index (κ2) is 10.9. The van der Waals surface area contributed by atoms with Crippen molar-refractivity contribution in [2.75, 3.05) is 12.9 Å². The summed E-state index contributed by atoms with van der Waals surface area (Å²) in [5.41, 5.74) is 5.16. The van der Waals surface area contributed by atoms with Gasteiger partial charge in [0.05, 0.1) is 19.1 Å². The van der Waals surface area contributed by atoms with E-state index >= 15 is 0 Å². The first-order chi connectivity index (χ1) is 16.2. The number of hydrogen-bond acceptors (Lipinski definition) is 6. The van der Waals surface area contributed by atoms with E-state index in [4.69, 9.17) is 4.74 Å². The Bertz CT molecular complexity index is 1260. The fourth-order valence-corrected chi connectivity index (χ4v) is 4.08. The van der Waals surface area contributed by atoms with Gasteiger partial charge in [0.2, 0.25) is 0 Å². The zero-order valence-corrected chi connectivity index (χ0v) is 20.1. The van der Waals surface area contributed by atoms with Gasteiger partial charge >= 0.3 is 0 Å². The third kappa shape index (κ3) is 5.68. The van der Waals surface area contributed by atoms with E-state index in [9.17, 15) is 4.79 Å². The molecule has 0 aliphatic rings. The number of carbonyl (C=O) groups is 1. The zero-order chi connectivity index (χ0) is 23.0. The van der Waals surface area contributed by atoms with E-state index in [0.717, 1.165) is 21.3 Å². The highest BCUT2D eigenvalue weighted by molar-refractivity contribution is 9.10. The standard InChI is InChI=1S/C24H20BrN5O2S/c1-32-21-10-6-5-9-18(21)15-26-27-22(31)16-33-24-29-28-23(17-7-3-2-4-8-17)30(24)20-13-11-19(25)12-14-20/h2-15H,16H2,1H3,(H,27,31)/b26-15+. The average molecular weight is 522 g/mol. The van der Waals surface area contributed by atoms with E-state index in [1.54, 1.807) is 13.3 Å². The number of hydrogen-bond donors (Lipinski definition) is 1. The molecule has 1 aromatic heterocycles. The monoisotopic (exact) mass is 521 g/mol. The second-order valence-corrected chi connectivity index (χ2v) is 8.67. The number of carbonyl (C=O) groups excluding carboxylic acids is 1. The Morgan fingerprint density at radius 1 is 1.06 bits per heavy atom. The number of rotatable bonds is 8. The number of hydrazone groups is 1. The van der Waals surface area contributed by atoms with E-state index in [1.807, 2.05) is 83.4 Å². The molecule has 4 aromatic rings. The van der Waals surface area contributed by atoms with Crippen LogP contribution in [0.2, 0.25) is 0 Å². The molecule has 0 saturated heterocycles. The molecule has 0 fully saturated rings. The smallest absolute Gasteiger partial charge is 0.250 e. The Hall–Kier alpha value is -3.43. The first-order valence-corrected chi connectivity index (χ1v) is 11.8. The molecule has 0 bridgehead atoms. The maximum atomic E-state index is 12.4. The molecule has 0 aliphatic carbocycles. The predicted molar refractivity (Wildman–Crippen MR) is 134 cm³/mol. The van der Waals surface area contributed by atoms with Crippen molar-refractivity contribution in [1.82, 2.24) is 20.2 Å².